The largest absolute Gasteiger partial charge is 0.323 e. The summed E-state index contributed by atoms with van der Waals surface area (Å²) in [4.78, 5) is 0. The molecule has 3 heteroatoms. The van der Waals surface area contributed by atoms with Gasteiger partial charge in [0.15, 0.2) is 0 Å². The molecule has 12 heavy (non-hydrogen) atoms. The van der Waals surface area contributed by atoms with Crippen molar-refractivity contribution in [2.24, 2.45) is 12.8 Å². The molecule has 0 bridgehead atoms. The van der Waals surface area contributed by atoms with E-state index in [4.69, 9.17) is 5.73 Å². The summed E-state index contributed by atoms with van der Waals surface area (Å²) in [5, 5.41) is 4.24. The lowest BCUT2D eigenvalue weighted by Crippen LogP contribution is -2.12. The van der Waals surface area contributed by atoms with Crippen molar-refractivity contribution in [3.8, 4) is 0 Å². The third-order valence-corrected chi connectivity index (χ3v) is 2.46. The number of hydrogen-bond donors (Lipinski definition) is 1. The fourth-order valence-corrected chi connectivity index (χ4v) is 1.73. The highest BCUT2D eigenvalue weighted by Gasteiger charge is 2.29. The van der Waals surface area contributed by atoms with Gasteiger partial charge in [0.2, 0.25) is 0 Å². The predicted octanol–water partition coefficient (Wildman–Crippen LogP) is 1.32. The first-order valence-electron chi connectivity index (χ1n) is 4.47. The lowest BCUT2D eigenvalue weighted by molar-refractivity contribution is 0.649. The number of aromatic nitrogens is 2. The van der Waals surface area contributed by atoms with Gasteiger partial charge in [-0.2, -0.15) is 5.10 Å². The maximum absolute atomic E-state index is 5.86. The zero-order chi connectivity index (χ0) is 8.72. The van der Waals surface area contributed by atoms with Crippen LogP contribution in [-0.4, -0.2) is 9.78 Å². The van der Waals surface area contributed by atoms with E-state index >= 15 is 0 Å². The molecule has 1 aliphatic carbocycles. The Bertz CT molecular complexity index is 284. The van der Waals surface area contributed by atoms with Crippen LogP contribution in [0.1, 0.15) is 43.0 Å². The molecule has 0 saturated heterocycles. The molecule has 0 aliphatic heterocycles. The zero-order valence-corrected chi connectivity index (χ0v) is 7.62. The van der Waals surface area contributed by atoms with Gasteiger partial charge >= 0.3 is 0 Å². The van der Waals surface area contributed by atoms with Crippen LogP contribution in [0.4, 0.5) is 0 Å². The van der Waals surface area contributed by atoms with E-state index in [0.29, 0.717) is 0 Å². The van der Waals surface area contributed by atoms with Gasteiger partial charge in [0.05, 0.1) is 11.9 Å². The maximum Gasteiger partial charge on any atom is 0.0580 e. The molecular formula is C9H15N3. The number of hydrogen-bond acceptors (Lipinski definition) is 2. The molecule has 1 aromatic heterocycles. The summed E-state index contributed by atoms with van der Waals surface area (Å²) in [6.07, 6.45) is 4.59. The lowest BCUT2D eigenvalue weighted by Gasteiger charge is -2.08. The lowest BCUT2D eigenvalue weighted by atomic mass is 10.1. The average Bonchev–Trinajstić information content (AvgIpc) is 2.75. The van der Waals surface area contributed by atoms with Crippen LogP contribution >= 0.6 is 0 Å². The Balaban J connectivity index is 2.39. The summed E-state index contributed by atoms with van der Waals surface area (Å²) >= 11 is 0. The summed E-state index contributed by atoms with van der Waals surface area (Å²) in [7, 11) is 1.96. The number of aryl methyl sites for hydroxylation is 1. The van der Waals surface area contributed by atoms with E-state index in [-0.39, 0.29) is 6.04 Å². The molecule has 2 N–H and O–H groups in total. The molecule has 0 spiro atoms. The normalized spacial score (nSPS) is 19.6. The Kier molecular flexibility index (Phi) is 1.68. The molecule has 66 valence electrons. The van der Waals surface area contributed by atoms with Crippen LogP contribution in [0.5, 0.6) is 0 Å². The smallest absolute Gasteiger partial charge is 0.0580 e. The second-order valence-electron chi connectivity index (χ2n) is 3.67. The van der Waals surface area contributed by atoms with Crippen molar-refractivity contribution in [2.45, 2.75) is 31.7 Å². The molecule has 1 unspecified atom stereocenters. The minimum absolute atomic E-state index is 0.105. The molecule has 1 atom stereocenters. The molecule has 0 aromatic carbocycles. The molecule has 1 saturated carbocycles. The van der Waals surface area contributed by atoms with Crippen molar-refractivity contribution in [3.05, 3.63) is 17.5 Å². The minimum Gasteiger partial charge on any atom is -0.323 e. The summed E-state index contributed by atoms with van der Waals surface area (Å²) in [5.74, 6) is 0.750. The monoisotopic (exact) mass is 165 g/mol. The van der Waals surface area contributed by atoms with Crippen molar-refractivity contribution < 1.29 is 0 Å². The van der Waals surface area contributed by atoms with Gasteiger partial charge in [-0.05, 0) is 31.2 Å². The van der Waals surface area contributed by atoms with Crippen molar-refractivity contribution in [1.82, 2.24) is 9.78 Å². The summed E-state index contributed by atoms with van der Waals surface area (Å²) in [5.41, 5.74) is 8.44. The highest BCUT2D eigenvalue weighted by molar-refractivity contribution is 5.28. The molecule has 0 radical (unpaired) electrons. The van der Waals surface area contributed by atoms with Gasteiger partial charge in [-0.15, -0.1) is 0 Å². The Hall–Kier alpha value is -0.830. The fourth-order valence-electron chi connectivity index (χ4n) is 1.73. The van der Waals surface area contributed by atoms with E-state index < -0.39 is 0 Å². The van der Waals surface area contributed by atoms with Gasteiger partial charge in [-0.25, -0.2) is 0 Å². The minimum atomic E-state index is 0.105. The van der Waals surface area contributed by atoms with Crippen molar-refractivity contribution in [2.75, 3.05) is 0 Å². The summed E-state index contributed by atoms with van der Waals surface area (Å²) in [6.45, 7) is 2.02. The summed E-state index contributed by atoms with van der Waals surface area (Å²) in [6, 6.07) is 0.105. The van der Waals surface area contributed by atoms with Crippen LogP contribution in [0.15, 0.2) is 6.20 Å². The molecule has 1 fully saturated rings. The quantitative estimate of drug-likeness (QED) is 0.718. The van der Waals surface area contributed by atoms with E-state index in [1.807, 2.05) is 24.9 Å². The number of rotatable bonds is 2. The van der Waals surface area contributed by atoms with E-state index in [1.165, 1.54) is 24.1 Å². The molecule has 1 heterocycles. The standard InChI is InChI=1S/C9H15N3/c1-6(10)9-8(7-3-4-7)5-11-12(9)2/h5-7H,3-4,10H2,1-2H3. The van der Waals surface area contributed by atoms with E-state index in [2.05, 4.69) is 5.10 Å². The van der Waals surface area contributed by atoms with Crippen LogP contribution in [-0.2, 0) is 7.05 Å². The van der Waals surface area contributed by atoms with E-state index in [9.17, 15) is 0 Å². The third kappa shape index (κ3) is 1.14. The Morgan fingerprint density at radius 3 is 2.83 bits per heavy atom. The third-order valence-electron chi connectivity index (χ3n) is 2.46. The first-order chi connectivity index (χ1) is 5.70. The molecule has 1 aliphatic rings. The van der Waals surface area contributed by atoms with Crippen LogP contribution in [0.2, 0.25) is 0 Å². The number of nitrogens with two attached hydrogens (primary N) is 1. The Morgan fingerprint density at radius 1 is 1.67 bits per heavy atom. The van der Waals surface area contributed by atoms with Gasteiger partial charge < -0.3 is 5.73 Å². The fraction of sp³-hybridized carbons (Fsp3) is 0.667. The van der Waals surface area contributed by atoms with E-state index in [0.717, 1.165) is 5.92 Å². The zero-order valence-electron chi connectivity index (χ0n) is 7.62. The second-order valence-corrected chi connectivity index (χ2v) is 3.67. The molecular weight excluding hydrogens is 150 g/mol. The molecule has 3 nitrogen and oxygen atoms in total. The predicted molar refractivity (Wildman–Crippen MR) is 47.8 cm³/mol. The van der Waals surface area contributed by atoms with Crippen LogP contribution in [0, 0.1) is 0 Å². The van der Waals surface area contributed by atoms with Gasteiger partial charge in [-0.1, -0.05) is 0 Å². The Labute approximate surface area is 72.6 Å². The highest BCUT2D eigenvalue weighted by atomic mass is 15.3. The topological polar surface area (TPSA) is 43.8 Å². The molecule has 0 amide bonds. The average molecular weight is 165 g/mol. The second kappa shape index (κ2) is 2.59. The SMILES string of the molecule is CC(N)c1c(C2CC2)cnn1C. The van der Waals surface area contributed by atoms with Crippen LogP contribution in [0.3, 0.4) is 0 Å². The van der Waals surface area contributed by atoms with Crippen molar-refractivity contribution >= 4 is 0 Å². The van der Waals surface area contributed by atoms with Gasteiger partial charge in [0.1, 0.15) is 0 Å². The highest BCUT2D eigenvalue weighted by Crippen LogP contribution is 2.42. The first-order valence-corrected chi connectivity index (χ1v) is 4.47. The summed E-state index contributed by atoms with van der Waals surface area (Å²) < 4.78 is 1.90. The van der Waals surface area contributed by atoms with Crippen LogP contribution in [0.25, 0.3) is 0 Å². The Morgan fingerprint density at radius 2 is 2.33 bits per heavy atom. The van der Waals surface area contributed by atoms with Crippen LogP contribution < -0.4 is 5.73 Å². The van der Waals surface area contributed by atoms with Gasteiger partial charge in [0, 0.05) is 13.1 Å². The van der Waals surface area contributed by atoms with Gasteiger partial charge in [-0.3, -0.25) is 4.68 Å². The molecule has 1 aromatic rings. The number of nitrogens with zero attached hydrogens (tertiary/aromatic N) is 2. The van der Waals surface area contributed by atoms with E-state index in [1.54, 1.807) is 0 Å². The van der Waals surface area contributed by atoms with Crippen molar-refractivity contribution in [1.29, 1.82) is 0 Å². The van der Waals surface area contributed by atoms with Gasteiger partial charge in [0.25, 0.3) is 0 Å². The first kappa shape index (κ1) is 7.80. The maximum atomic E-state index is 5.86. The molecule has 2 rings (SSSR count). The van der Waals surface area contributed by atoms with Crippen molar-refractivity contribution in [3.63, 3.8) is 0 Å².